The number of fused-ring (bicyclic) bond motifs is 1. The van der Waals surface area contributed by atoms with Crippen LogP contribution in [0.4, 0.5) is 4.79 Å². The number of benzene rings is 2. The number of hydrogen-bond donors (Lipinski definition) is 2. The molecule has 6 nitrogen and oxygen atoms in total. The normalized spacial score (nSPS) is 11.8. The van der Waals surface area contributed by atoms with E-state index in [-0.39, 0.29) is 12.1 Å². The Bertz CT molecular complexity index is 886. The van der Waals surface area contributed by atoms with E-state index in [0.717, 1.165) is 22.3 Å². The van der Waals surface area contributed by atoms with Crippen molar-refractivity contribution in [1.82, 2.24) is 10.6 Å². The molecule has 1 atom stereocenters. The van der Waals surface area contributed by atoms with Crippen LogP contribution in [0.1, 0.15) is 18.2 Å². The largest absolute Gasteiger partial charge is 0.493 e. The Kier molecular flexibility index (Phi) is 5.86. The van der Waals surface area contributed by atoms with E-state index in [1.54, 1.807) is 14.2 Å². The summed E-state index contributed by atoms with van der Waals surface area (Å²) in [5, 5.41) is 6.85. The number of amides is 2. The molecular formula is C21H24N2O4. The maximum Gasteiger partial charge on any atom is 0.315 e. The minimum atomic E-state index is -0.228. The first-order chi connectivity index (χ1) is 13.1. The molecule has 2 aromatic carbocycles. The molecule has 6 heteroatoms. The highest BCUT2D eigenvalue weighted by Gasteiger charge is 2.12. The number of ether oxygens (including phenoxy) is 2. The fraction of sp³-hybridized carbons (Fsp3) is 0.286. The van der Waals surface area contributed by atoms with Crippen molar-refractivity contribution in [3.8, 4) is 11.5 Å². The van der Waals surface area contributed by atoms with E-state index in [4.69, 9.17) is 13.9 Å². The molecule has 0 aliphatic heterocycles. The summed E-state index contributed by atoms with van der Waals surface area (Å²) >= 11 is 0. The van der Waals surface area contributed by atoms with Crippen LogP contribution in [0, 0.1) is 0 Å². The van der Waals surface area contributed by atoms with Crippen molar-refractivity contribution in [2.24, 2.45) is 0 Å². The fourth-order valence-corrected chi connectivity index (χ4v) is 2.94. The van der Waals surface area contributed by atoms with E-state index in [9.17, 15) is 4.79 Å². The van der Waals surface area contributed by atoms with Crippen molar-refractivity contribution in [3.05, 3.63) is 59.9 Å². The van der Waals surface area contributed by atoms with Gasteiger partial charge in [-0.15, -0.1) is 0 Å². The Balaban J connectivity index is 1.51. The molecule has 0 saturated heterocycles. The molecule has 2 N–H and O–H groups in total. The molecule has 0 bridgehead atoms. The molecule has 1 aromatic heterocycles. The fourth-order valence-electron chi connectivity index (χ4n) is 2.94. The Morgan fingerprint density at radius 3 is 2.59 bits per heavy atom. The second kappa shape index (κ2) is 8.49. The minimum Gasteiger partial charge on any atom is -0.493 e. The number of furan rings is 1. The van der Waals surface area contributed by atoms with Crippen molar-refractivity contribution in [2.45, 2.75) is 25.9 Å². The van der Waals surface area contributed by atoms with E-state index in [1.165, 1.54) is 0 Å². The summed E-state index contributed by atoms with van der Waals surface area (Å²) in [7, 11) is 3.17. The third-order valence-corrected chi connectivity index (χ3v) is 4.26. The third kappa shape index (κ3) is 4.73. The molecule has 1 heterocycles. The van der Waals surface area contributed by atoms with Gasteiger partial charge in [-0.3, -0.25) is 0 Å². The molecule has 27 heavy (non-hydrogen) atoms. The lowest BCUT2D eigenvalue weighted by Gasteiger charge is -2.14. The Morgan fingerprint density at radius 2 is 1.85 bits per heavy atom. The van der Waals surface area contributed by atoms with Crippen LogP contribution in [0.15, 0.2) is 52.9 Å². The lowest BCUT2D eigenvalue weighted by Crippen LogP contribution is -2.41. The van der Waals surface area contributed by atoms with E-state index in [0.29, 0.717) is 24.5 Å². The van der Waals surface area contributed by atoms with Crippen molar-refractivity contribution < 1.29 is 18.7 Å². The average molecular weight is 368 g/mol. The topological polar surface area (TPSA) is 72.7 Å². The Labute approximate surface area is 158 Å². The number of hydrogen-bond acceptors (Lipinski definition) is 4. The first kappa shape index (κ1) is 18.6. The van der Waals surface area contributed by atoms with Gasteiger partial charge in [-0.1, -0.05) is 24.3 Å². The first-order valence-electron chi connectivity index (χ1n) is 8.81. The Hall–Kier alpha value is -3.15. The highest BCUT2D eigenvalue weighted by atomic mass is 16.5. The predicted molar refractivity (Wildman–Crippen MR) is 104 cm³/mol. The smallest absolute Gasteiger partial charge is 0.315 e. The molecule has 142 valence electrons. The van der Waals surface area contributed by atoms with Crippen molar-refractivity contribution >= 4 is 17.0 Å². The van der Waals surface area contributed by atoms with Crippen LogP contribution in [0.5, 0.6) is 11.5 Å². The first-order valence-corrected chi connectivity index (χ1v) is 8.81. The summed E-state index contributed by atoms with van der Waals surface area (Å²) in [6.45, 7) is 2.34. The summed E-state index contributed by atoms with van der Waals surface area (Å²) in [6.07, 6.45) is 0.623. The summed E-state index contributed by atoms with van der Waals surface area (Å²) < 4.78 is 16.3. The number of carbonyl (C=O) groups excluding carboxylic acids is 1. The van der Waals surface area contributed by atoms with Crippen LogP contribution >= 0.6 is 0 Å². The highest BCUT2D eigenvalue weighted by Crippen LogP contribution is 2.27. The zero-order chi connectivity index (χ0) is 19.2. The average Bonchev–Trinajstić information content (AvgIpc) is 3.08. The molecule has 0 aliphatic carbocycles. The van der Waals surface area contributed by atoms with Gasteiger partial charge in [0.05, 0.1) is 14.2 Å². The molecule has 0 radical (unpaired) electrons. The molecular weight excluding hydrogens is 344 g/mol. The van der Waals surface area contributed by atoms with Gasteiger partial charge in [0.2, 0.25) is 0 Å². The molecule has 3 rings (SSSR count). The zero-order valence-electron chi connectivity index (χ0n) is 15.7. The summed E-state index contributed by atoms with van der Waals surface area (Å²) in [6, 6.07) is 15.1. The van der Waals surface area contributed by atoms with Gasteiger partial charge in [0.1, 0.15) is 11.3 Å². The van der Waals surface area contributed by atoms with Crippen molar-refractivity contribution in [2.75, 3.05) is 14.2 Å². The molecule has 3 aromatic rings. The molecule has 0 saturated carbocycles. The zero-order valence-corrected chi connectivity index (χ0v) is 15.7. The van der Waals surface area contributed by atoms with Gasteiger partial charge in [-0.2, -0.15) is 0 Å². The molecule has 0 aliphatic rings. The maximum absolute atomic E-state index is 12.2. The lowest BCUT2D eigenvalue weighted by atomic mass is 10.2. The van der Waals surface area contributed by atoms with Gasteiger partial charge >= 0.3 is 6.03 Å². The van der Waals surface area contributed by atoms with Crippen LogP contribution in [-0.4, -0.2) is 26.3 Å². The van der Waals surface area contributed by atoms with E-state index in [1.807, 2.05) is 55.5 Å². The standard InChI is InChI=1S/C21H24N2O4/c1-14(10-17-12-16-6-4-5-7-18(16)27-17)23-21(24)22-13-15-8-9-19(25-2)20(11-15)26-3/h4-9,11-12,14H,10,13H2,1-3H3,(H2,22,23,24). The molecule has 0 spiro atoms. The number of para-hydroxylation sites is 1. The second-order valence-electron chi connectivity index (χ2n) is 6.37. The lowest BCUT2D eigenvalue weighted by molar-refractivity contribution is 0.237. The van der Waals surface area contributed by atoms with Gasteiger partial charge in [0, 0.05) is 24.4 Å². The highest BCUT2D eigenvalue weighted by molar-refractivity contribution is 5.77. The van der Waals surface area contributed by atoms with Crippen LogP contribution in [0.25, 0.3) is 11.0 Å². The van der Waals surface area contributed by atoms with Crippen LogP contribution in [0.3, 0.4) is 0 Å². The van der Waals surface area contributed by atoms with Gasteiger partial charge in [-0.05, 0) is 36.8 Å². The van der Waals surface area contributed by atoms with Crippen LogP contribution < -0.4 is 20.1 Å². The van der Waals surface area contributed by atoms with Crippen LogP contribution in [0.2, 0.25) is 0 Å². The Morgan fingerprint density at radius 1 is 1.07 bits per heavy atom. The summed E-state index contributed by atoms with van der Waals surface area (Å²) in [4.78, 5) is 12.2. The SMILES string of the molecule is COc1ccc(CNC(=O)NC(C)Cc2cc3ccccc3o2)cc1OC. The van der Waals surface area contributed by atoms with Crippen molar-refractivity contribution in [3.63, 3.8) is 0 Å². The van der Waals surface area contributed by atoms with Gasteiger partial charge in [0.15, 0.2) is 11.5 Å². The minimum absolute atomic E-state index is 0.0593. The number of carbonyl (C=O) groups is 1. The summed E-state index contributed by atoms with van der Waals surface area (Å²) in [5.74, 6) is 2.14. The van der Waals surface area contributed by atoms with E-state index < -0.39 is 0 Å². The maximum atomic E-state index is 12.2. The predicted octanol–water partition coefficient (Wildman–Crippen LogP) is 3.88. The van der Waals surface area contributed by atoms with Gasteiger partial charge < -0.3 is 24.5 Å². The quantitative estimate of drug-likeness (QED) is 0.664. The number of methoxy groups -OCH3 is 2. The third-order valence-electron chi connectivity index (χ3n) is 4.26. The van der Waals surface area contributed by atoms with Gasteiger partial charge in [-0.25, -0.2) is 4.79 Å². The van der Waals surface area contributed by atoms with Gasteiger partial charge in [0.25, 0.3) is 0 Å². The number of urea groups is 1. The second-order valence-corrected chi connectivity index (χ2v) is 6.37. The van der Waals surface area contributed by atoms with E-state index in [2.05, 4.69) is 10.6 Å². The summed E-state index contributed by atoms with van der Waals surface area (Å²) in [5.41, 5.74) is 1.78. The monoisotopic (exact) mass is 368 g/mol. The number of rotatable bonds is 7. The van der Waals surface area contributed by atoms with Crippen molar-refractivity contribution in [1.29, 1.82) is 0 Å². The number of nitrogens with one attached hydrogen (secondary N) is 2. The molecule has 0 fully saturated rings. The molecule has 2 amide bonds. The van der Waals surface area contributed by atoms with E-state index >= 15 is 0 Å². The van der Waals surface area contributed by atoms with Crippen LogP contribution in [-0.2, 0) is 13.0 Å². The molecule has 1 unspecified atom stereocenters.